The highest BCUT2D eigenvalue weighted by molar-refractivity contribution is 7.11. The molecule has 1 fully saturated rings. The van der Waals surface area contributed by atoms with Crippen molar-refractivity contribution in [2.24, 2.45) is 0 Å². The Labute approximate surface area is 116 Å². The van der Waals surface area contributed by atoms with Crippen molar-refractivity contribution in [3.8, 4) is 0 Å². The van der Waals surface area contributed by atoms with Crippen LogP contribution >= 0.6 is 11.3 Å². The largest absolute Gasteiger partial charge is 0.301 e. The van der Waals surface area contributed by atoms with E-state index in [2.05, 4.69) is 49.1 Å². The lowest BCUT2D eigenvalue weighted by atomic mass is 10.2. The Morgan fingerprint density at radius 3 is 2.94 bits per heavy atom. The Morgan fingerprint density at radius 2 is 2.33 bits per heavy atom. The number of nitrogens with zero attached hydrogens (tertiary/aromatic N) is 2. The highest BCUT2D eigenvalue weighted by atomic mass is 32.1. The van der Waals surface area contributed by atoms with Gasteiger partial charge in [0.05, 0.1) is 0 Å². The van der Waals surface area contributed by atoms with Gasteiger partial charge >= 0.3 is 0 Å². The van der Waals surface area contributed by atoms with Crippen molar-refractivity contribution in [3.63, 3.8) is 0 Å². The Hall–Kier alpha value is -0.380. The van der Waals surface area contributed by atoms with Gasteiger partial charge in [-0.2, -0.15) is 0 Å². The minimum atomic E-state index is 0.748. The van der Waals surface area contributed by atoms with Crippen LogP contribution in [0, 0.1) is 13.3 Å². The quantitative estimate of drug-likeness (QED) is 0.779. The normalized spacial score (nSPS) is 21.0. The second-order valence-corrected chi connectivity index (χ2v) is 6.56. The molecule has 0 aromatic carbocycles. The Bertz CT molecular complexity index is 361. The molecule has 2 rings (SSSR count). The van der Waals surface area contributed by atoms with Crippen molar-refractivity contribution in [2.45, 2.75) is 39.8 Å². The molecule has 1 aromatic heterocycles. The average molecular weight is 265 g/mol. The van der Waals surface area contributed by atoms with Gasteiger partial charge < -0.3 is 4.90 Å². The zero-order chi connectivity index (χ0) is 13.0. The minimum Gasteiger partial charge on any atom is -0.301 e. The summed E-state index contributed by atoms with van der Waals surface area (Å²) in [6, 6.07) is 5.27. The lowest BCUT2D eigenvalue weighted by Gasteiger charge is -2.27. The van der Waals surface area contributed by atoms with Crippen molar-refractivity contribution >= 4 is 11.3 Å². The van der Waals surface area contributed by atoms with E-state index in [0.29, 0.717) is 0 Å². The van der Waals surface area contributed by atoms with Crippen LogP contribution in [0.5, 0.6) is 0 Å². The number of likely N-dealkylation sites (N-methyl/N-ethyl adjacent to an activating group) is 1. The summed E-state index contributed by atoms with van der Waals surface area (Å²) < 4.78 is 0. The molecule has 1 aliphatic heterocycles. The maximum absolute atomic E-state index is 2.64. The molecule has 101 valence electrons. The maximum Gasteiger partial charge on any atom is 0.0331 e. The third kappa shape index (κ3) is 3.56. The SMILES string of the molecule is C[CH]CN1CC[C@@H](N(CC)Cc2ccc(C)s2)C1. The van der Waals surface area contributed by atoms with Gasteiger partial charge in [-0.1, -0.05) is 13.8 Å². The monoisotopic (exact) mass is 265 g/mol. The van der Waals surface area contributed by atoms with Gasteiger partial charge in [0.15, 0.2) is 0 Å². The van der Waals surface area contributed by atoms with Crippen LogP contribution in [0.4, 0.5) is 0 Å². The zero-order valence-electron chi connectivity index (χ0n) is 11.9. The topological polar surface area (TPSA) is 6.48 Å². The standard InChI is InChI=1S/C15H25N2S/c1-4-9-16-10-8-14(11-16)17(5-2)12-15-7-6-13(3)18-15/h4,6-7,14H,5,8-12H2,1-3H3/t14-/m1/s1. The van der Waals surface area contributed by atoms with E-state index in [4.69, 9.17) is 0 Å². The third-order valence-corrected chi connectivity index (χ3v) is 4.75. The van der Waals surface area contributed by atoms with Crippen molar-refractivity contribution in [3.05, 3.63) is 28.3 Å². The second kappa shape index (κ2) is 6.69. The Morgan fingerprint density at radius 1 is 1.50 bits per heavy atom. The summed E-state index contributed by atoms with van der Waals surface area (Å²) in [7, 11) is 0. The van der Waals surface area contributed by atoms with Crippen LogP contribution in [0.15, 0.2) is 12.1 Å². The van der Waals surface area contributed by atoms with Gasteiger partial charge in [0.25, 0.3) is 0 Å². The summed E-state index contributed by atoms with van der Waals surface area (Å²) in [6.45, 7) is 12.6. The van der Waals surface area contributed by atoms with Crippen LogP contribution in [0.3, 0.4) is 0 Å². The van der Waals surface area contributed by atoms with Gasteiger partial charge in [-0.25, -0.2) is 0 Å². The lowest BCUT2D eigenvalue weighted by Crippen LogP contribution is -2.37. The molecule has 0 N–H and O–H groups in total. The van der Waals surface area contributed by atoms with Gasteiger partial charge in [0.2, 0.25) is 0 Å². The van der Waals surface area contributed by atoms with Crippen molar-refractivity contribution in [1.29, 1.82) is 0 Å². The predicted octanol–water partition coefficient (Wildman–Crippen LogP) is 3.18. The van der Waals surface area contributed by atoms with Crippen molar-refractivity contribution in [2.75, 3.05) is 26.2 Å². The number of likely N-dealkylation sites (tertiary alicyclic amines) is 1. The summed E-state index contributed by atoms with van der Waals surface area (Å²) in [4.78, 5) is 8.14. The first kappa shape index (κ1) is 14.0. The molecular formula is C15H25N2S. The van der Waals surface area contributed by atoms with Gasteiger partial charge in [-0.05, 0) is 45.0 Å². The van der Waals surface area contributed by atoms with Gasteiger partial charge in [-0.3, -0.25) is 4.90 Å². The first-order chi connectivity index (χ1) is 8.72. The minimum absolute atomic E-state index is 0.748. The third-order valence-electron chi connectivity index (χ3n) is 3.77. The maximum atomic E-state index is 2.64. The molecule has 0 amide bonds. The molecular weight excluding hydrogens is 240 g/mol. The van der Waals surface area contributed by atoms with Gasteiger partial charge in [0.1, 0.15) is 0 Å². The zero-order valence-corrected chi connectivity index (χ0v) is 12.7. The Kier molecular flexibility index (Phi) is 5.22. The van der Waals surface area contributed by atoms with E-state index in [1.165, 1.54) is 29.3 Å². The number of hydrogen-bond donors (Lipinski definition) is 0. The number of rotatable bonds is 6. The average Bonchev–Trinajstić information content (AvgIpc) is 2.96. The first-order valence-corrected chi connectivity index (χ1v) is 7.84. The van der Waals surface area contributed by atoms with E-state index in [1.807, 2.05) is 11.3 Å². The van der Waals surface area contributed by atoms with Crippen LogP contribution in [-0.2, 0) is 6.54 Å². The van der Waals surface area contributed by atoms with Crippen molar-refractivity contribution < 1.29 is 0 Å². The van der Waals surface area contributed by atoms with Crippen molar-refractivity contribution in [1.82, 2.24) is 9.80 Å². The Balaban J connectivity index is 1.89. The van der Waals surface area contributed by atoms with Crippen LogP contribution < -0.4 is 0 Å². The van der Waals surface area contributed by atoms with E-state index in [9.17, 15) is 0 Å². The molecule has 0 bridgehead atoms. The number of thiophene rings is 1. The fourth-order valence-corrected chi connectivity index (χ4v) is 3.72. The summed E-state index contributed by atoms with van der Waals surface area (Å²) in [5, 5.41) is 0. The van der Waals surface area contributed by atoms with E-state index in [-0.39, 0.29) is 0 Å². The molecule has 1 radical (unpaired) electrons. The summed E-state index contributed by atoms with van der Waals surface area (Å²) in [6.07, 6.45) is 3.59. The fraction of sp³-hybridized carbons (Fsp3) is 0.667. The molecule has 0 saturated carbocycles. The van der Waals surface area contributed by atoms with E-state index >= 15 is 0 Å². The summed E-state index contributed by atoms with van der Waals surface area (Å²) in [5.41, 5.74) is 0. The van der Waals surface area contributed by atoms with Crippen LogP contribution in [0.1, 0.15) is 30.0 Å². The van der Waals surface area contributed by atoms with E-state index < -0.39 is 0 Å². The van der Waals surface area contributed by atoms with Crippen LogP contribution in [-0.4, -0.2) is 42.0 Å². The lowest BCUT2D eigenvalue weighted by molar-refractivity contribution is 0.197. The molecule has 0 spiro atoms. The molecule has 0 unspecified atom stereocenters. The molecule has 2 nitrogen and oxygen atoms in total. The van der Waals surface area contributed by atoms with Gasteiger partial charge in [0, 0.05) is 35.4 Å². The number of aryl methyl sites for hydroxylation is 1. The molecule has 1 aromatic rings. The van der Waals surface area contributed by atoms with E-state index in [1.54, 1.807) is 0 Å². The number of hydrogen-bond acceptors (Lipinski definition) is 3. The molecule has 2 heterocycles. The fourth-order valence-electron chi connectivity index (χ4n) is 2.80. The summed E-state index contributed by atoms with van der Waals surface area (Å²) >= 11 is 1.94. The molecule has 1 saturated heterocycles. The molecule has 18 heavy (non-hydrogen) atoms. The first-order valence-electron chi connectivity index (χ1n) is 7.02. The molecule has 3 heteroatoms. The van der Waals surface area contributed by atoms with E-state index in [0.717, 1.165) is 25.7 Å². The molecule has 0 aliphatic carbocycles. The smallest absolute Gasteiger partial charge is 0.0331 e. The molecule has 1 atom stereocenters. The highest BCUT2D eigenvalue weighted by Gasteiger charge is 2.26. The summed E-state index contributed by atoms with van der Waals surface area (Å²) in [5.74, 6) is 0. The highest BCUT2D eigenvalue weighted by Crippen LogP contribution is 2.21. The second-order valence-electron chi connectivity index (χ2n) is 5.19. The van der Waals surface area contributed by atoms with Gasteiger partial charge in [-0.15, -0.1) is 11.3 Å². The molecule has 1 aliphatic rings. The van der Waals surface area contributed by atoms with Crippen LogP contribution in [0.2, 0.25) is 0 Å². The van der Waals surface area contributed by atoms with Crippen LogP contribution in [0.25, 0.3) is 0 Å². The predicted molar refractivity (Wildman–Crippen MR) is 80.0 cm³/mol.